The van der Waals surface area contributed by atoms with Crippen LogP contribution in [-0.2, 0) is 14.3 Å². The summed E-state index contributed by atoms with van der Waals surface area (Å²) in [6, 6.07) is -0.835. The number of carbonyl (C=O) groups excluding carboxylic acids is 3. The fraction of sp³-hybridized carbons (Fsp3) is 0.682. The highest BCUT2D eigenvalue weighted by molar-refractivity contribution is 6.00. The molecule has 0 saturated carbocycles. The number of alkyl carbamates (subject to hydrolysis) is 1. The summed E-state index contributed by atoms with van der Waals surface area (Å²) < 4.78 is 5.21. The van der Waals surface area contributed by atoms with E-state index in [2.05, 4.69) is 24.5 Å². The van der Waals surface area contributed by atoms with E-state index in [0.717, 1.165) is 24.8 Å². The molecule has 7 heteroatoms. The zero-order chi connectivity index (χ0) is 21.8. The average Bonchev–Trinajstić information content (AvgIpc) is 2.72. The molecule has 7 nitrogen and oxygen atoms in total. The van der Waals surface area contributed by atoms with E-state index in [1.54, 1.807) is 27.7 Å². The van der Waals surface area contributed by atoms with Crippen LogP contribution in [0.25, 0.3) is 0 Å². The first kappa shape index (κ1) is 23.0. The van der Waals surface area contributed by atoms with Gasteiger partial charge in [-0.15, -0.1) is 0 Å². The normalized spacial score (nSPS) is 20.9. The third-order valence-corrected chi connectivity index (χ3v) is 4.92. The van der Waals surface area contributed by atoms with Gasteiger partial charge in [-0.25, -0.2) is 4.79 Å². The number of fused-ring (bicyclic) bond motifs is 1. The van der Waals surface area contributed by atoms with Crippen molar-refractivity contribution in [2.45, 2.75) is 72.4 Å². The Kier molecular flexibility index (Phi) is 7.49. The molecule has 0 aromatic carbocycles. The van der Waals surface area contributed by atoms with E-state index in [0.29, 0.717) is 24.7 Å². The number of allylic oxidation sites excluding steroid dienone is 3. The van der Waals surface area contributed by atoms with Gasteiger partial charge in [0, 0.05) is 13.1 Å². The zero-order valence-corrected chi connectivity index (χ0v) is 18.5. The van der Waals surface area contributed by atoms with Crippen molar-refractivity contribution in [1.29, 1.82) is 0 Å². The topological polar surface area (TPSA) is 87.7 Å². The SMILES string of the molecule is CC(C)CN1CCC2CCC=CC2=C(NC(=O)[C@H](C)NC(=O)OC(C)(C)C)C1=O. The third-order valence-electron chi connectivity index (χ3n) is 4.92. The van der Waals surface area contributed by atoms with Crippen molar-refractivity contribution < 1.29 is 19.1 Å². The molecule has 1 unspecified atom stereocenters. The first-order valence-corrected chi connectivity index (χ1v) is 10.5. The minimum Gasteiger partial charge on any atom is -0.444 e. The van der Waals surface area contributed by atoms with Crippen LogP contribution in [0.15, 0.2) is 23.4 Å². The first-order valence-electron chi connectivity index (χ1n) is 10.5. The Labute approximate surface area is 173 Å². The maximum absolute atomic E-state index is 13.2. The summed E-state index contributed by atoms with van der Waals surface area (Å²) in [5.74, 6) is 0.00580. The highest BCUT2D eigenvalue weighted by Crippen LogP contribution is 2.32. The van der Waals surface area contributed by atoms with Gasteiger partial charge >= 0.3 is 6.09 Å². The predicted molar refractivity (Wildman–Crippen MR) is 112 cm³/mol. The molecule has 1 aliphatic heterocycles. The maximum Gasteiger partial charge on any atom is 0.408 e. The molecule has 0 bridgehead atoms. The molecular weight excluding hydrogens is 370 g/mol. The summed E-state index contributed by atoms with van der Waals surface area (Å²) in [4.78, 5) is 39.8. The first-order chi connectivity index (χ1) is 13.5. The van der Waals surface area contributed by atoms with Gasteiger partial charge in [0.2, 0.25) is 5.91 Å². The van der Waals surface area contributed by atoms with Crippen molar-refractivity contribution >= 4 is 17.9 Å². The second kappa shape index (κ2) is 9.46. The largest absolute Gasteiger partial charge is 0.444 e. The van der Waals surface area contributed by atoms with Crippen LogP contribution in [0.5, 0.6) is 0 Å². The van der Waals surface area contributed by atoms with Crippen LogP contribution in [0.3, 0.4) is 0 Å². The maximum atomic E-state index is 13.2. The summed E-state index contributed by atoms with van der Waals surface area (Å²) in [5.41, 5.74) is 0.580. The summed E-state index contributed by atoms with van der Waals surface area (Å²) in [6.07, 6.45) is 6.19. The molecule has 3 amide bonds. The summed E-state index contributed by atoms with van der Waals surface area (Å²) in [6.45, 7) is 12.3. The van der Waals surface area contributed by atoms with Crippen LogP contribution in [0.2, 0.25) is 0 Å². The molecule has 2 rings (SSSR count). The van der Waals surface area contributed by atoms with E-state index in [4.69, 9.17) is 4.74 Å². The average molecular weight is 406 g/mol. The number of amides is 3. The Morgan fingerprint density at radius 2 is 1.93 bits per heavy atom. The van der Waals surface area contributed by atoms with Gasteiger partial charge in [0.1, 0.15) is 17.3 Å². The lowest BCUT2D eigenvalue weighted by Gasteiger charge is -2.25. The van der Waals surface area contributed by atoms with E-state index in [-0.39, 0.29) is 11.8 Å². The predicted octanol–water partition coefficient (Wildman–Crippen LogP) is 3.12. The lowest BCUT2D eigenvalue weighted by Crippen LogP contribution is -2.48. The number of rotatable bonds is 5. The molecule has 0 aromatic heterocycles. The van der Waals surface area contributed by atoms with Crippen molar-refractivity contribution in [2.24, 2.45) is 11.8 Å². The smallest absolute Gasteiger partial charge is 0.408 e. The van der Waals surface area contributed by atoms with Crippen LogP contribution < -0.4 is 10.6 Å². The second-order valence-electron chi connectivity index (χ2n) is 9.30. The monoisotopic (exact) mass is 405 g/mol. The number of ether oxygens (including phenoxy) is 1. The highest BCUT2D eigenvalue weighted by Gasteiger charge is 2.32. The fourth-order valence-electron chi connectivity index (χ4n) is 3.60. The van der Waals surface area contributed by atoms with Gasteiger partial charge in [-0.05, 0) is 64.4 Å². The quantitative estimate of drug-likeness (QED) is 0.736. The molecule has 2 aliphatic rings. The van der Waals surface area contributed by atoms with Gasteiger partial charge in [-0.3, -0.25) is 9.59 Å². The van der Waals surface area contributed by atoms with Gasteiger partial charge < -0.3 is 20.3 Å². The van der Waals surface area contributed by atoms with Crippen LogP contribution in [0, 0.1) is 11.8 Å². The Morgan fingerprint density at radius 1 is 1.24 bits per heavy atom. The van der Waals surface area contributed by atoms with E-state index < -0.39 is 23.6 Å². The second-order valence-corrected chi connectivity index (χ2v) is 9.30. The van der Waals surface area contributed by atoms with Crippen LogP contribution in [0.4, 0.5) is 4.79 Å². The van der Waals surface area contributed by atoms with Crippen molar-refractivity contribution in [2.75, 3.05) is 13.1 Å². The Bertz CT molecular complexity index is 703. The summed E-state index contributed by atoms with van der Waals surface area (Å²) >= 11 is 0. The van der Waals surface area contributed by atoms with Gasteiger partial charge in [-0.1, -0.05) is 26.0 Å². The number of hydrogen-bond donors (Lipinski definition) is 2. The lowest BCUT2D eigenvalue weighted by molar-refractivity contribution is -0.130. The molecule has 2 atom stereocenters. The Hall–Kier alpha value is -2.31. The number of carbonyl (C=O) groups is 3. The Morgan fingerprint density at radius 3 is 2.55 bits per heavy atom. The molecule has 162 valence electrons. The van der Waals surface area contributed by atoms with E-state index in [1.165, 1.54) is 0 Å². The molecule has 0 aromatic rings. The molecule has 29 heavy (non-hydrogen) atoms. The summed E-state index contributed by atoms with van der Waals surface area (Å²) in [5, 5.41) is 5.34. The van der Waals surface area contributed by atoms with Gasteiger partial charge in [0.05, 0.1) is 0 Å². The summed E-state index contributed by atoms with van der Waals surface area (Å²) in [7, 11) is 0. The van der Waals surface area contributed by atoms with Crippen LogP contribution in [-0.4, -0.2) is 47.5 Å². The number of hydrogen-bond acceptors (Lipinski definition) is 4. The molecule has 2 N–H and O–H groups in total. The van der Waals surface area contributed by atoms with Gasteiger partial charge in [0.15, 0.2) is 0 Å². The van der Waals surface area contributed by atoms with Crippen molar-refractivity contribution in [3.63, 3.8) is 0 Å². The zero-order valence-electron chi connectivity index (χ0n) is 18.5. The standard InChI is InChI=1S/C22H35N3O4/c1-14(2)13-25-12-11-16-9-7-8-10-17(16)18(20(25)27)24-19(26)15(3)23-21(28)29-22(4,5)6/h8,10,14-16H,7,9,11-13H2,1-6H3,(H,23,28)(H,24,26)/t15-,16?/m0/s1. The van der Waals surface area contributed by atoms with Gasteiger partial charge in [0.25, 0.3) is 5.91 Å². The van der Waals surface area contributed by atoms with E-state index >= 15 is 0 Å². The van der Waals surface area contributed by atoms with Crippen molar-refractivity contribution in [3.8, 4) is 0 Å². The molecular formula is C22H35N3O4. The Balaban J connectivity index is 2.18. The van der Waals surface area contributed by atoms with Crippen LogP contribution in [0.1, 0.15) is 60.8 Å². The highest BCUT2D eigenvalue weighted by atomic mass is 16.6. The molecule has 1 heterocycles. The van der Waals surface area contributed by atoms with Crippen molar-refractivity contribution in [3.05, 3.63) is 23.4 Å². The number of nitrogens with one attached hydrogen (secondary N) is 2. The molecule has 0 spiro atoms. The van der Waals surface area contributed by atoms with Crippen molar-refractivity contribution in [1.82, 2.24) is 15.5 Å². The van der Waals surface area contributed by atoms with Crippen LogP contribution >= 0.6 is 0 Å². The molecule has 0 radical (unpaired) electrons. The minimum absolute atomic E-state index is 0.152. The lowest BCUT2D eigenvalue weighted by atomic mass is 9.86. The molecule has 1 aliphatic carbocycles. The number of nitrogens with zero attached hydrogens (tertiary/aromatic N) is 1. The third kappa shape index (κ3) is 6.61. The minimum atomic E-state index is -0.835. The van der Waals surface area contributed by atoms with Gasteiger partial charge in [-0.2, -0.15) is 0 Å². The molecule has 0 saturated heterocycles. The molecule has 0 fully saturated rings. The fourth-order valence-corrected chi connectivity index (χ4v) is 3.60. The van der Waals surface area contributed by atoms with E-state index in [1.807, 2.05) is 17.1 Å². The van der Waals surface area contributed by atoms with E-state index in [9.17, 15) is 14.4 Å².